The molecule has 3 rings (SSSR count). The van der Waals surface area contributed by atoms with Crippen molar-refractivity contribution in [1.82, 2.24) is 0 Å². The maximum absolute atomic E-state index is 12.3. The molecule has 1 saturated heterocycles. The number of nitrogens with one attached hydrogen (secondary N) is 1. The molecule has 1 aliphatic heterocycles. The Morgan fingerprint density at radius 3 is 2.46 bits per heavy atom. The summed E-state index contributed by atoms with van der Waals surface area (Å²) in [6.07, 6.45) is 3.44. The maximum atomic E-state index is 12.3. The fraction of sp³-hybridized carbons (Fsp3) is 0.300. The highest BCUT2D eigenvalue weighted by atomic mass is 16.5. The van der Waals surface area contributed by atoms with Crippen molar-refractivity contribution in [1.29, 1.82) is 0 Å². The van der Waals surface area contributed by atoms with Crippen LogP contribution in [0.1, 0.15) is 29.6 Å². The van der Waals surface area contributed by atoms with Gasteiger partial charge in [0.1, 0.15) is 5.75 Å². The highest BCUT2D eigenvalue weighted by Gasteiger charge is 2.17. The number of rotatable bonds is 6. The summed E-state index contributed by atoms with van der Waals surface area (Å²) in [5, 5.41) is 2.86. The monoisotopic (exact) mass is 353 g/mol. The van der Waals surface area contributed by atoms with Crippen LogP contribution in [0.4, 0.5) is 11.4 Å². The van der Waals surface area contributed by atoms with Crippen molar-refractivity contribution in [2.24, 2.45) is 5.73 Å². The number of ether oxygens (including phenoxy) is 1. The number of carbonyl (C=O) groups is 2. The van der Waals surface area contributed by atoms with Crippen LogP contribution in [0.25, 0.3) is 0 Å². The summed E-state index contributed by atoms with van der Waals surface area (Å²) in [6, 6.07) is 14.3. The van der Waals surface area contributed by atoms with E-state index in [1.165, 1.54) is 6.42 Å². The van der Waals surface area contributed by atoms with Gasteiger partial charge >= 0.3 is 0 Å². The van der Waals surface area contributed by atoms with E-state index >= 15 is 0 Å². The van der Waals surface area contributed by atoms with Crippen LogP contribution in [0.2, 0.25) is 0 Å². The van der Waals surface area contributed by atoms with E-state index in [1.54, 1.807) is 24.3 Å². The van der Waals surface area contributed by atoms with E-state index in [1.807, 2.05) is 24.3 Å². The minimum atomic E-state index is -0.522. The molecule has 6 nitrogen and oxygen atoms in total. The molecule has 2 amide bonds. The summed E-state index contributed by atoms with van der Waals surface area (Å²) < 4.78 is 5.49. The predicted molar refractivity (Wildman–Crippen MR) is 102 cm³/mol. The fourth-order valence-electron chi connectivity index (χ4n) is 3.05. The van der Waals surface area contributed by atoms with Crippen molar-refractivity contribution in [3.63, 3.8) is 0 Å². The van der Waals surface area contributed by atoms with E-state index in [-0.39, 0.29) is 12.5 Å². The number of amides is 2. The normalized spacial score (nSPS) is 13.9. The predicted octanol–water partition coefficient (Wildman–Crippen LogP) is 2.79. The van der Waals surface area contributed by atoms with Gasteiger partial charge in [-0.05, 0) is 49.6 Å². The minimum absolute atomic E-state index is 0.107. The van der Waals surface area contributed by atoms with E-state index in [2.05, 4.69) is 10.2 Å². The topological polar surface area (TPSA) is 84.7 Å². The van der Waals surface area contributed by atoms with Gasteiger partial charge in [-0.25, -0.2) is 0 Å². The van der Waals surface area contributed by atoms with E-state index in [4.69, 9.17) is 10.5 Å². The molecule has 0 aliphatic carbocycles. The molecule has 0 atom stereocenters. The van der Waals surface area contributed by atoms with Crippen molar-refractivity contribution >= 4 is 23.2 Å². The molecule has 1 aliphatic rings. The highest BCUT2D eigenvalue weighted by molar-refractivity contribution is 5.99. The molecule has 2 aromatic rings. The Kier molecular flexibility index (Phi) is 5.73. The van der Waals surface area contributed by atoms with Gasteiger partial charge < -0.3 is 20.7 Å². The number of nitrogens with two attached hydrogens (primary N) is 1. The average Bonchev–Trinajstić information content (AvgIpc) is 2.68. The largest absolute Gasteiger partial charge is 0.484 e. The number of benzene rings is 2. The number of hydrogen-bond acceptors (Lipinski definition) is 4. The molecule has 0 saturated carbocycles. The van der Waals surface area contributed by atoms with E-state index < -0.39 is 5.91 Å². The van der Waals surface area contributed by atoms with Crippen molar-refractivity contribution in [3.8, 4) is 5.75 Å². The van der Waals surface area contributed by atoms with Crippen LogP contribution < -0.4 is 20.7 Å². The second-order valence-electron chi connectivity index (χ2n) is 6.29. The molecule has 6 heteroatoms. The number of carbonyl (C=O) groups excluding carboxylic acids is 2. The number of primary amides is 1. The van der Waals surface area contributed by atoms with Gasteiger partial charge in [-0.3, -0.25) is 9.59 Å². The lowest BCUT2D eigenvalue weighted by Crippen LogP contribution is -2.31. The number of anilines is 2. The van der Waals surface area contributed by atoms with Gasteiger partial charge in [0.2, 0.25) is 5.91 Å². The molecule has 26 heavy (non-hydrogen) atoms. The van der Waals surface area contributed by atoms with Crippen molar-refractivity contribution in [3.05, 3.63) is 54.1 Å². The summed E-state index contributed by atoms with van der Waals surface area (Å²) in [7, 11) is 0. The van der Waals surface area contributed by atoms with Crippen LogP contribution in [0.5, 0.6) is 5.75 Å². The number of hydrogen-bond donors (Lipinski definition) is 2. The lowest BCUT2D eigenvalue weighted by molar-refractivity contribution is -0.118. The Balaban J connectivity index is 1.74. The molecule has 0 aromatic heterocycles. The lowest BCUT2D eigenvalue weighted by atomic mass is 10.1. The van der Waals surface area contributed by atoms with Crippen molar-refractivity contribution < 1.29 is 14.3 Å². The van der Waals surface area contributed by atoms with Gasteiger partial charge in [-0.2, -0.15) is 0 Å². The van der Waals surface area contributed by atoms with E-state index in [0.717, 1.165) is 31.6 Å². The zero-order chi connectivity index (χ0) is 18.4. The SMILES string of the molecule is NC(=O)c1ccc(N2CCCCC2)c(NC(=O)COc2ccccc2)c1. The molecule has 0 radical (unpaired) electrons. The molecular weight excluding hydrogens is 330 g/mol. The zero-order valence-corrected chi connectivity index (χ0v) is 14.6. The smallest absolute Gasteiger partial charge is 0.262 e. The maximum Gasteiger partial charge on any atom is 0.262 e. The third-order valence-corrected chi connectivity index (χ3v) is 4.37. The van der Waals surface area contributed by atoms with Gasteiger partial charge in [0.05, 0.1) is 11.4 Å². The Morgan fingerprint density at radius 2 is 1.77 bits per heavy atom. The summed E-state index contributed by atoms with van der Waals surface area (Å²) in [5.74, 6) is -0.176. The molecule has 1 fully saturated rings. The van der Waals surface area contributed by atoms with Crippen molar-refractivity contribution in [2.45, 2.75) is 19.3 Å². The van der Waals surface area contributed by atoms with Gasteiger partial charge in [0.25, 0.3) is 5.91 Å². The molecule has 0 spiro atoms. The molecule has 3 N–H and O–H groups in total. The summed E-state index contributed by atoms with van der Waals surface area (Å²) >= 11 is 0. The number of piperidine rings is 1. The first-order chi connectivity index (χ1) is 12.6. The highest BCUT2D eigenvalue weighted by Crippen LogP contribution is 2.29. The van der Waals surface area contributed by atoms with Crippen LogP contribution in [0.3, 0.4) is 0 Å². The van der Waals surface area contributed by atoms with Crippen LogP contribution in [-0.4, -0.2) is 31.5 Å². The Morgan fingerprint density at radius 1 is 1.04 bits per heavy atom. The Labute approximate surface area is 152 Å². The first-order valence-electron chi connectivity index (χ1n) is 8.80. The molecule has 136 valence electrons. The molecule has 0 unspecified atom stereocenters. The first kappa shape index (κ1) is 17.8. The second-order valence-corrected chi connectivity index (χ2v) is 6.29. The van der Waals surface area contributed by atoms with Gasteiger partial charge in [-0.15, -0.1) is 0 Å². The lowest BCUT2D eigenvalue weighted by Gasteiger charge is -2.30. The Bertz CT molecular complexity index is 771. The summed E-state index contributed by atoms with van der Waals surface area (Å²) in [5.41, 5.74) is 7.25. The second kappa shape index (κ2) is 8.38. The van der Waals surface area contributed by atoms with Crippen LogP contribution in [0.15, 0.2) is 48.5 Å². The summed E-state index contributed by atoms with van der Waals surface area (Å²) in [6.45, 7) is 1.75. The zero-order valence-electron chi connectivity index (χ0n) is 14.6. The first-order valence-corrected chi connectivity index (χ1v) is 8.80. The number of para-hydroxylation sites is 1. The van der Waals surface area contributed by atoms with Gasteiger partial charge in [-0.1, -0.05) is 18.2 Å². The van der Waals surface area contributed by atoms with Gasteiger partial charge in [0, 0.05) is 18.7 Å². The fourth-order valence-corrected chi connectivity index (χ4v) is 3.05. The molecular formula is C20H23N3O3. The molecule has 0 bridgehead atoms. The average molecular weight is 353 g/mol. The molecule has 1 heterocycles. The van der Waals surface area contributed by atoms with Gasteiger partial charge in [0.15, 0.2) is 6.61 Å². The minimum Gasteiger partial charge on any atom is -0.484 e. The van der Waals surface area contributed by atoms with Crippen LogP contribution in [-0.2, 0) is 4.79 Å². The third kappa shape index (κ3) is 4.53. The van der Waals surface area contributed by atoms with Crippen molar-refractivity contribution in [2.75, 3.05) is 29.9 Å². The quantitative estimate of drug-likeness (QED) is 0.836. The van der Waals surface area contributed by atoms with Crippen LogP contribution >= 0.6 is 0 Å². The molecule has 2 aromatic carbocycles. The Hall–Kier alpha value is -3.02. The third-order valence-electron chi connectivity index (χ3n) is 4.37. The van der Waals surface area contributed by atoms with E-state index in [9.17, 15) is 9.59 Å². The van der Waals surface area contributed by atoms with E-state index in [0.29, 0.717) is 17.0 Å². The summed E-state index contributed by atoms with van der Waals surface area (Å²) in [4.78, 5) is 26.1. The number of nitrogens with zero attached hydrogens (tertiary/aromatic N) is 1. The van der Waals surface area contributed by atoms with Crippen LogP contribution in [0, 0.1) is 0 Å². The standard InChI is InChI=1S/C20H23N3O3/c21-20(25)15-9-10-18(23-11-5-2-6-12-23)17(13-15)22-19(24)14-26-16-7-3-1-4-8-16/h1,3-4,7-10,13H,2,5-6,11-12,14H2,(H2,21,25)(H,22,24).